The van der Waals surface area contributed by atoms with Crippen LogP contribution in [0, 0.1) is 6.92 Å². The van der Waals surface area contributed by atoms with Crippen molar-refractivity contribution in [3.05, 3.63) is 48.3 Å². The number of hydrogen-bond donors (Lipinski definition) is 1. The lowest BCUT2D eigenvalue weighted by Crippen LogP contribution is -2.29. The van der Waals surface area contributed by atoms with Crippen LogP contribution in [0.15, 0.2) is 42.5 Å². The number of aromatic nitrogens is 2. The van der Waals surface area contributed by atoms with E-state index in [1.54, 1.807) is 0 Å². The third-order valence-electron chi connectivity index (χ3n) is 4.35. The van der Waals surface area contributed by atoms with Crippen molar-refractivity contribution in [2.45, 2.75) is 26.2 Å². The number of benzene rings is 2. The van der Waals surface area contributed by atoms with Gasteiger partial charge in [0.05, 0.1) is 11.0 Å². The molecule has 0 aliphatic carbocycles. The molecular formula is C19H21N3O. The highest BCUT2D eigenvalue weighted by Gasteiger charge is 2.11. The number of rotatable bonds is 3. The molecule has 0 atom stereocenters. The molecule has 1 N–H and O–H groups in total. The molecule has 1 saturated heterocycles. The van der Waals surface area contributed by atoms with Crippen LogP contribution in [-0.2, 0) is 0 Å². The van der Waals surface area contributed by atoms with Crippen LogP contribution in [0.1, 0.15) is 25.1 Å². The smallest absolute Gasteiger partial charge is 0.129 e. The largest absolute Gasteiger partial charge is 0.457 e. The number of nitrogens with one attached hydrogen (secondary N) is 1. The summed E-state index contributed by atoms with van der Waals surface area (Å²) in [5, 5.41) is 0. The minimum absolute atomic E-state index is 0.831. The van der Waals surface area contributed by atoms with E-state index < -0.39 is 0 Å². The van der Waals surface area contributed by atoms with Crippen molar-refractivity contribution in [2.75, 3.05) is 18.0 Å². The Kier molecular flexibility index (Phi) is 3.66. The normalized spacial score (nSPS) is 15.1. The maximum Gasteiger partial charge on any atom is 0.129 e. The van der Waals surface area contributed by atoms with Crippen molar-refractivity contribution in [1.29, 1.82) is 0 Å². The molecule has 0 unspecified atom stereocenters. The fraction of sp³-hybridized carbons (Fsp3) is 0.316. The zero-order chi connectivity index (χ0) is 15.6. The second kappa shape index (κ2) is 5.95. The molecule has 0 saturated carbocycles. The summed E-state index contributed by atoms with van der Waals surface area (Å²) in [4.78, 5) is 10.1. The van der Waals surface area contributed by atoms with E-state index in [9.17, 15) is 0 Å². The lowest BCUT2D eigenvalue weighted by molar-refractivity contribution is 0.482. The van der Waals surface area contributed by atoms with E-state index >= 15 is 0 Å². The van der Waals surface area contributed by atoms with E-state index in [4.69, 9.17) is 4.74 Å². The molecule has 2 heterocycles. The monoisotopic (exact) mass is 307 g/mol. The number of aryl methyl sites for hydroxylation is 1. The van der Waals surface area contributed by atoms with E-state index in [0.717, 1.165) is 41.4 Å². The van der Waals surface area contributed by atoms with Crippen LogP contribution in [-0.4, -0.2) is 23.1 Å². The summed E-state index contributed by atoms with van der Waals surface area (Å²) >= 11 is 0. The van der Waals surface area contributed by atoms with Gasteiger partial charge < -0.3 is 14.6 Å². The summed E-state index contributed by atoms with van der Waals surface area (Å²) in [6.45, 7) is 4.24. The highest BCUT2D eigenvalue weighted by atomic mass is 16.5. The van der Waals surface area contributed by atoms with Crippen molar-refractivity contribution in [1.82, 2.24) is 9.97 Å². The Morgan fingerprint density at radius 2 is 1.83 bits per heavy atom. The van der Waals surface area contributed by atoms with Gasteiger partial charge in [0.2, 0.25) is 0 Å². The van der Waals surface area contributed by atoms with Gasteiger partial charge in [0.1, 0.15) is 17.3 Å². The van der Waals surface area contributed by atoms with Crippen molar-refractivity contribution < 1.29 is 4.74 Å². The first kappa shape index (κ1) is 14.1. The van der Waals surface area contributed by atoms with Crippen molar-refractivity contribution >= 4 is 16.7 Å². The maximum atomic E-state index is 6.05. The molecule has 1 fully saturated rings. The third kappa shape index (κ3) is 3.02. The lowest BCUT2D eigenvalue weighted by Gasteiger charge is -2.29. The van der Waals surface area contributed by atoms with Gasteiger partial charge in [0.25, 0.3) is 0 Å². The SMILES string of the molecule is Cc1nc2ccc(Oc3cccc(N4CCCCC4)c3)cc2[nH]1. The molecule has 1 aromatic heterocycles. The average molecular weight is 307 g/mol. The highest BCUT2D eigenvalue weighted by Crippen LogP contribution is 2.29. The van der Waals surface area contributed by atoms with E-state index in [1.165, 1.54) is 24.9 Å². The lowest BCUT2D eigenvalue weighted by atomic mass is 10.1. The molecule has 0 spiro atoms. The van der Waals surface area contributed by atoms with Gasteiger partial charge in [-0.1, -0.05) is 6.07 Å². The van der Waals surface area contributed by atoms with Gasteiger partial charge in [-0.25, -0.2) is 4.98 Å². The Bertz CT molecular complexity index is 818. The molecule has 1 aliphatic heterocycles. The number of nitrogens with zero attached hydrogens (tertiary/aromatic N) is 2. The second-order valence-corrected chi connectivity index (χ2v) is 6.15. The Morgan fingerprint density at radius 1 is 1.00 bits per heavy atom. The van der Waals surface area contributed by atoms with Crippen LogP contribution in [0.25, 0.3) is 11.0 Å². The van der Waals surface area contributed by atoms with Gasteiger partial charge in [-0.2, -0.15) is 0 Å². The number of piperidine rings is 1. The van der Waals surface area contributed by atoms with Crippen LogP contribution in [0.3, 0.4) is 0 Å². The number of aromatic amines is 1. The molecule has 1 aliphatic rings. The fourth-order valence-electron chi connectivity index (χ4n) is 3.21. The first-order valence-electron chi connectivity index (χ1n) is 8.27. The predicted octanol–water partition coefficient (Wildman–Crippen LogP) is 4.65. The summed E-state index contributed by atoms with van der Waals surface area (Å²) in [6.07, 6.45) is 3.90. The Balaban J connectivity index is 1.57. The number of ether oxygens (including phenoxy) is 1. The van der Waals surface area contributed by atoms with Gasteiger partial charge in [-0.3, -0.25) is 0 Å². The molecule has 2 aromatic carbocycles. The zero-order valence-corrected chi connectivity index (χ0v) is 13.4. The third-order valence-corrected chi connectivity index (χ3v) is 4.35. The van der Waals surface area contributed by atoms with Gasteiger partial charge >= 0.3 is 0 Å². The van der Waals surface area contributed by atoms with Crippen LogP contribution in [0.2, 0.25) is 0 Å². The van der Waals surface area contributed by atoms with Gasteiger partial charge in [-0.15, -0.1) is 0 Å². The van der Waals surface area contributed by atoms with Crippen LogP contribution < -0.4 is 9.64 Å². The van der Waals surface area contributed by atoms with Gasteiger partial charge in [-0.05, 0) is 50.5 Å². The molecule has 23 heavy (non-hydrogen) atoms. The van der Waals surface area contributed by atoms with Crippen molar-refractivity contribution in [3.63, 3.8) is 0 Å². The molecule has 3 aromatic rings. The molecule has 0 bridgehead atoms. The molecule has 0 amide bonds. The average Bonchev–Trinajstić information content (AvgIpc) is 2.95. The minimum Gasteiger partial charge on any atom is -0.457 e. The standard InChI is InChI=1S/C19H21N3O/c1-14-20-18-9-8-17(13-19(18)21-14)23-16-7-5-6-15(12-16)22-10-3-2-4-11-22/h5-9,12-13H,2-4,10-11H2,1H3,(H,20,21). The first-order chi connectivity index (χ1) is 11.3. The number of hydrogen-bond acceptors (Lipinski definition) is 3. The summed E-state index contributed by atoms with van der Waals surface area (Å²) in [6, 6.07) is 14.3. The fourth-order valence-corrected chi connectivity index (χ4v) is 3.21. The molecule has 4 rings (SSSR count). The number of anilines is 1. The predicted molar refractivity (Wildman–Crippen MR) is 93.4 cm³/mol. The van der Waals surface area contributed by atoms with Crippen molar-refractivity contribution in [2.24, 2.45) is 0 Å². The molecular weight excluding hydrogens is 286 g/mol. The topological polar surface area (TPSA) is 41.1 Å². The van der Waals surface area contributed by atoms with Gasteiger partial charge in [0.15, 0.2) is 0 Å². The van der Waals surface area contributed by atoms with E-state index in [-0.39, 0.29) is 0 Å². The minimum atomic E-state index is 0.831. The summed E-state index contributed by atoms with van der Waals surface area (Å²) in [5.74, 6) is 2.63. The zero-order valence-electron chi connectivity index (χ0n) is 13.4. The Hall–Kier alpha value is -2.49. The quantitative estimate of drug-likeness (QED) is 0.765. The molecule has 4 heteroatoms. The van der Waals surface area contributed by atoms with Crippen LogP contribution in [0.5, 0.6) is 11.5 Å². The summed E-state index contributed by atoms with van der Waals surface area (Å²) in [5.41, 5.74) is 3.23. The molecule has 118 valence electrons. The van der Waals surface area contributed by atoms with E-state index in [1.807, 2.05) is 31.2 Å². The van der Waals surface area contributed by atoms with Crippen LogP contribution >= 0.6 is 0 Å². The molecule has 4 nitrogen and oxygen atoms in total. The summed E-state index contributed by atoms with van der Waals surface area (Å²) in [7, 11) is 0. The van der Waals surface area contributed by atoms with Gasteiger partial charge in [0, 0.05) is 30.9 Å². The number of H-pyrrole nitrogens is 1. The number of imidazole rings is 1. The summed E-state index contributed by atoms with van der Waals surface area (Å²) < 4.78 is 6.05. The molecule has 0 radical (unpaired) electrons. The highest BCUT2D eigenvalue weighted by molar-refractivity contribution is 5.76. The number of fused-ring (bicyclic) bond motifs is 1. The maximum absolute atomic E-state index is 6.05. The second-order valence-electron chi connectivity index (χ2n) is 6.15. The van der Waals surface area contributed by atoms with Crippen molar-refractivity contribution in [3.8, 4) is 11.5 Å². The van der Waals surface area contributed by atoms with E-state index in [0.29, 0.717) is 0 Å². The first-order valence-corrected chi connectivity index (χ1v) is 8.27. The Labute approximate surface area is 136 Å². The Morgan fingerprint density at radius 3 is 2.70 bits per heavy atom. The van der Waals surface area contributed by atoms with Crippen LogP contribution in [0.4, 0.5) is 5.69 Å². The van der Waals surface area contributed by atoms with E-state index in [2.05, 4.69) is 33.1 Å².